The van der Waals surface area contributed by atoms with Crippen LogP contribution < -0.4 is 9.64 Å². The number of hydrazone groups is 1. The van der Waals surface area contributed by atoms with E-state index in [-0.39, 0.29) is 18.4 Å². The number of aromatic nitrogens is 1. The number of ether oxygens (including phenoxy) is 1. The van der Waals surface area contributed by atoms with Crippen molar-refractivity contribution in [3.05, 3.63) is 89.2 Å². The Morgan fingerprint density at radius 2 is 1.80 bits per heavy atom. The van der Waals surface area contributed by atoms with Crippen molar-refractivity contribution in [3.63, 3.8) is 0 Å². The Morgan fingerprint density at radius 1 is 1.06 bits per heavy atom. The van der Waals surface area contributed by atoms with Gasteiger partial charge in [-0.05, 0) is 30.3 Å². The van der Waals surface area contributed by atoms with Crippen molar-refractivity contribution in [2.45, 2.75) is 0 Å². The molecule has 1 aromatic heterocycles. The second-order valence-corrected chi connectivity index (χ2v) is 8.34. The van der Waals surface area contributed by atoms with Crippen LogP contribution in [-0.4, -0.2) is 72.8 Å². The van der Waals surface area contributed by atoms with Crippen LogP contribution in [0.25, 0.3) is 0 Å². The van der Waals surface area contributed by atoms with Crippen LogP contribution in [0.5, 0.6) is 5.75 Å². The lowest BCUT2D eigenvalue weighted by Gasteiger charge is -2.36. The molecule has 35 heavy (non-hydrogen) atoms. The van der Waals surface area contributed by atoms with E-state index >= 15 is 0 Å². The Morgan fingerprint density at radius 3 is 2.51 bits per heavy atom. The first-order valence-electron chi connectivity index (χ1n) is 11.2. The molecule has 180 valence electrons. The number of rotatable bonds is 7. The van der Waals surface area contributed by atoms with Crippen LogP contribution in [0.3, 0.4) is 0 Å². The maximum absolute atomic E-state index is 13.1. The number of anilines is 1. The molecule has 0 unspecified atom stereocenters. The van der Waals surface area contributed by atoms with Gasteiger partial charge in [-0.2, -0.15) is 5.10 Å². The van der Waals surface area contributed by atoms with Crippen LogP contribution in [0.4, 0.5) is 5.69 Å². The number of hydrogen-bond acceptors (Lipinski definition) is 6. The number of carbonyl (C=O) groups excluding carboxylic acids is 2. The Balaban J connectivity index is 1.45. The summed E-state index contributed by atoms with van der Waals surface area (Å²) in [5, 5.41) is 6.01. The standard InChI is InChI=1S/C26H26ClN5O3/c1-35-23-7-4-6-22(17-23)30-13-15-31(16-14-30)25(33)19-32(26(34)20-9-11-28-12-10-20)29-18-21-5-2-3-8-24(21)27/h2-12,17-18H,13-16,19H2,1H3/b29-18+. The molecule has 0 atom stereocenters. The van der Waals surface area contributed by atoms with E-state index in [0.29, 0.717) is 42.3 Å². The van der Waals surface area contributed by atoms with Crippen molar-refractivity contribution in [2.24, 2.45) is 5.10 Å². The first kappa shape index (κ1) is 24.2. The van der Waals surface area contributed by atoms with Gasteiger partial charge in [0, 0.05) is 66.5 Å². The molecule has 1 aliphatic rings. The molecule has 0 radical (unpaired) electrons. The number of benzene rings is 2. The van der Waals surface area contributed by atoms with Gasteiger partial charge in [-0.15, -0.1) is 0 Å². The number of nitrogens with zero attached hydrogens (tertiary/aromatic N) is 5. The third-order valence-electron chi connectivity index (χ3n) is 5.74. The summed E-state index contributed by atoms with van der Waals surface area (Å²) in [5.74, 6) is 0.232. The minimum Gasteiger partial charge on any atom is -0.497 e. The first-order valence-corrected chi connectivity index (χ1v) is 11.6. The molecule has 2 amide bonds. The molecule has 0 aliphatic carbocycles. The van der Waals surface area contributed by atoms with Crippen molar-refractivity contribution in [1.29, 1.82) is 0 Å². The summed E-state index contributed by atoms with van der Waals surface area (Å²) < 4.78 is 5.32. The molecule has 1 aliphatic heterocycles. The van der Waals surface area contributed by atoms with E-state index in [0.717, 1.165) is 11.4 Å². The lowest BCUT2D eigenvalue weighted by molar-refractivity contribution is -0.132. The van der Waals surface area contributed by atoms with Gasteiger partial charge >= 0.3 is 0 Å². The summed E-state index contributed by atoms with van der Waals surface area (Å²) in [6, 6.07) is 18.2. The van der Waals surface area contributed by atoms with Crippen LogP contribution in [0.2, 0.25) is 5.02 Å². The van der Waals surface area contributed by atoms with Crippen molar-refractivity contribution >= 4 is 35.3 Å². The number of hydrogen-bond donors (Lipinski definition) is 0. The fraction of sp³-hybridized carbons (Fsp3) is 0.231. The maximum atomic E-state index is 13.1. The summed E-state index contributed by atoms with van der Waals surface area (Å²) in [7, 11) is 1.64. The molecular weight excluding hydrogens is 466 g/mol. The molecule has 1 saturated heterocycles. The van der Waals surface area contributed by atoms with Gasteiger partial charge in [-0.25, -0.2) is 5.01 Å². The van der Waals surface area contributed by atoms with Gasteiger partial charge in [0.2, 0.25) is 5.91 Å². The SMILES string of the molecule is COc1cccc(N2CCN(C(=O)CN(/N=C/c3ccccc3Cl)C(=O)c3ccncc3)CC2)c1. The predicted molar refractivity (Wildman–Crippen MR) is 136 cm³/mol. The van der Waals surface area contributed by atoms with E-state index in [9.17, 15) is 9.59 Å². The van der Waals surface area contributed by atoms with Crippen molar-refractivity contribution in [2.75, 3.05) is 44.7 Å². The van der Waals surface area contributed by atoms with Gasteiger partial charge in [0.25, 0.3) is 5.91 Å². The zero-order valence-corrected chi connectivity index (χ0v) is 20.1. The van der Waals surface area contributed by atoms with Gasteiger partial charge in [-0.1, -0.05) is 35.9 Å². The lowest BCUT2D eigenvalue weighted by atomic mass is 10.2. The monoisotopic (exact) mass is 491 g/mol. The van der Waals surface area contributed by atoms with Gasteiger partial charge in [0.1, 0.15) is 12.3 Å². The predicted octanol–water partition coefficient (Wildman–Crippen LogP) is 3.57. The Labute approximate surface area is 209 Å². The van der Waals surface area contributed by atoms with E-state index in [4.69, 9.17) is 16.3 Å². The van der Waals surface area contributed by atoms with Gasteiger partial charge in [-0.3, -0.25) is 14.6 Å². The zero-order chi connectivity index (χ0) is 24.6. The molecule has 4 rings (SSSR count). The molecule has 8 nitrogen and oxygen atoms in total. The number of amides is 2. The summed E-state index contributed by atoms with van der Waals surface area (Å²) in [4.78, 5) is 34.2. The second-order valence-electron chi connectivity index (χ2n) is 7.93. The topological polar surface area (TPSA) is 78.3 Å². The lowest BCUT2D eigenvalue weighted by Crippen LogP contribution is -2.51. The van der Waals surface area contributed by atoms with Crippen LogP contribution >= 0.6 is 11.6 Å². The highest BCUT2D eigenvalue weighted by molar-refractivity contribution is 6.33. The summed E-state index contributed by atoms with van der Waals surface area (Å²) in [6.07, 6.45) is 4.56. The van der Waals surface area contributed by atoms with E-state index in [1.54, 1.807) is 36.3 Å². The molecular formula is C26H26ClN5O3. The van der Waals surface area contributed by atoms with Crippen LogP contribution in [0, 0.1) is 0 Å². The molecule has 0 N–H and O–H groups in total. The summed E-state index contributed by atoms with van der Waals surface area (Å²) in [6.45, 7) is 2.27. The molecule has 0 spiro atoms. The summed E-state index contributed by atoms with van der Waals surface area (Å²) in [5.41, 5.74) is 2.10. The minimum atomic E-state index is -0.390. The van der Waals surface area contributed by atoms with Gasteiger partial charge in [0.15, 0.2) is 0 Å². The fourth-order valence-corrected chi connectivity index (χ4v) is 3.95. The Kier molecular flexibility index (Phi) is 7.95. The highest BCUT2D eigenvalue weighted by atomic mass is 35.5. The molecule has 9 heteroatoms. The number of methoxy groups -OCH3 is 1. The van der Waals surface area contributed by atoms with E-state index in [1.807, 2.05) is 36.4 Å². The van der Waals surface area contributed by atoms with Crippen molar-refractivity contribution < 1.29 is 14.3 Å². The number of pyridine rings is 1. The first-order chi connectivity index (χ1) is 17.0. The molecule has 0 saturated carbocycles. The smallest absolute Gasteiger partial charge is 0.274 e. The number of halogens is 1. The average molecular weight is 492 g/mol. The largest absolute Gasteiger partial charge is 0.497 e. The Hall–Kier alpha value is -3.91. The third kappa shape index (κ3) is 6.16. The molecule has 2 heterocycles. The van der Waals surface area contributed by atoms with Crippen molar-refractivity contribution in [3.8, 4) is 5.75 Å². The molecule has 1 fully saturated rings. The van der Waals surface area contributed by atoms with Crippen LogP contribution in [-0.2, 0) is 4.79 Å². The third-order valence-corrected chi connectivity index (χ3v) is 6.08. The molecule has 2 aromatic carbocycles. The highest BCUT2D eigenvalue weighted by Crippen LogP contribution is 2.22. The van der Waals surface area contributed by atoms with Crippen LogP contribution in [0.15, 0.2) is 78.2 Å². The number of carbonyl (C=O) groups is 2. The maximum Gasteiger partial charge on any atom is 0.274 e. The molecule has 3 aromatic rings. The minimum absolute atomic E-state index is 0.172. The van der Waals surface area contributed by atoms with E-state index in [1.165, 1.54) is 23.6 Å². The highest BCUT2D eigenvalue weighted by Gasteiger charge is 2.25. The van der Waals surface area contributed by atoms with Crippen molar-refractivity contribution in [1.82, 2.24) is 14.9 Å². The second kappa shape index (κ2) is 11.5. The quantitative estimate of drug-likeness (QED) is 0.373. The van der Waals surface area contributed by atoms with Gasteiger partial charge < -0.3 is 14.5 Å². The fourth-order valence-electron chi connectivity index (χ4n) is 3.77. The number of piperazine rings is 1. The Bertz CT molecular complexity index is 1200. The van der Waals surface area contributed by atoms with E-state index < -0.39 is 0 Å². The van der Waals surface area contributed by atoms with Gasteiger partial charge in [0.05, 0.1) is 13.3 Å². The summed E-state index contributed by atoms with van der Waals surface area (Å²) >= 11 is 6.22. The van der Waals surface area contributed by atoms with Crippen LogP contribution in [0.1, 0.15) is 15.9 Å². The molecule has 0 bridgehead atoms. The average Bonchev–Trinajstić information content (AvgIpc) is 2.92. The van der Waals surface area contributed by atoms with E-state index in [2.05, 4.69) is 15.0 Å². The zero-order valence-electron chi connectivity index (χ0n) is 19.4. The normalized spacial score (nSPS) is 13.7.